The van der Waals surface area contributed by atoms with Crippen molar-refractivity contribution in [1.29, 1.82) is 0 Å². The smallest absolute Gasteiger partial charge is 0.236 e. The van der Waals surface area contributed by atoms with E-state index in [0.717, 1.165) is 64.9 Å². The molecule has 1 aromatic heterocycles. The van der Waals surface area contributed by atoms with E-state index in [1.807, 2.05) is 11.0 Å². The second-order valence-electron chi connectivity index (χ2n) is 8.87. The van der Waals surface area contributed by atoms with Crippen molar-refractivity contribution in [3.63, 3.8) is 0 Å². The molecule has 0 aliphatic carbocycles. The maximum atomic E-state index is 12.8. The van der Waals surface area contributed by atoms with Gasteiger partial charge < -0.3 is 9.80 Å². The summed E-state index contributed by atoms with van der Waals surface area (Å²) in [5, 5.41) is 0. The summed E-state index contributed by atoms with van der Waals surface area (Å²) in [4.78, 5) is 30.3. The van der Waals surface area contributed by atoms with Gasteiger partial charge in [0.15, 0.2) is 0 Å². The van der Waals surface area contributed by atoms with Gasteiger partial charge in [0, 0.05) is 71.3 Å². The highest BCUT2D eigenvalue weighted by Crippen LogP contribution is 2.16. The van der Waals surface area contributed by atoms with Crippen molar-refractivity contribution in [2.24, 2.45) is 0 Å². The highest BCUT2D eigenvalue weighted by Gasteiger charge is 2.25. The van der Waals surface area contributed by atoms with Crippen LogP contribution in [0.2, 0.25) is 0 Å². The zero-order chi connectivity index (χ0) is 21.6. The molecular formula is C24H34N6O. The minimum Gasteiger partial charge on any atom is -0.338 e. The molecule has 31 heavy (non-hydrogen) atoms. The molecule has 0 radical (unpaired) electrons. The lowest BCUT2D eigenvalue weighted by atomic mass is 10.0. The first-order chi connectivity index (χ1) is 15.1. The van der Waals surface area contributed by atoms with Crippen molar-refractivity contribution < 1.29 is 4.79 Å². The van der Waals surface area contributed by atoms with E-state index in [4.69, 9.17) is 0 Å². The molecule has 0 saturated carbocycles. The maximum Gasteiger partial charge on any atom is 0.236 e. The first-order valence-corrected chi connectivity index (χ1v) is 11.4. The third-order valence-electron chi connectivity index (χ3n) is 6.34. The number of carbonyl (C=O) groups is 1. The molecule has 0 N–H and O–H groups in total. The topological polar surface area (TPSA) is 55.8 Å². The second kappa shape index (κ2) is 10.2. The van der Waals surface area contributed by atoms with Gasteiger partial charge in [0.1, 0.15) is 0 Å². The van der Waals surface area contributed by atoms with Gasteiger partial charge in [-0.3, -0.25) is 14.6 Å². The largest absolute Gasteiger partial charge is 0.338 e. The minimum absolute atomic E-state index is 0.242. The van der Waals surface area contributed by atoms with Crippen LogP contribution in [0, 0.1) is 0 Å². The van der Waals surface area contributed by atoms with Crippen LogP contribution in [0.3, 0.4) is 0 Å². The molecule has 0 spiro atoms. The molecule has 0 unspecified atom stereocenters. The predicted octanol–water partition coefficient (Wildman–Crippen LogP) is 2.07. The fourth-order valence-corrected chi connectivity index (χ4v) is 4.27. The lowest BCUT2D eigenvalue weighted by Crippen LogP contribution is -2.54. The SMILES string of the molecule is CC(C)c1ccc(CN2CCN(CC(=O)N3CCN(c4ncccn4)CC3)CC2)cc1. The normalized spacial score (nSPS) is 18.5. The quantitative estimate of drug-likeness (QED) is 0.710. The number of aromatic nitrogens is 2. The Morgan fingerprint density at radius 3 is 2.10 bits per heavy atom. The van der Waals surface area contributed by atoms with Crippen LogP contribution in [0.5, 0.6) is 0 Å². The van der Waals surface area contributed by atoms with Crippen LogP contribution >= 0.6 is 0 Å². The first kappa shape index (κ1) is 21.7. The predicted molar refractivity (Wildman–Crippen MR) is 123 cm³/mol. The van der Waals surface area contributed by atoms with Crippen molar-refractivity contribution in [2.45, 2.75) is 26.3 Å². The van der Waals surface area contributed by atoms with Crippen molar-refractivity contribution in [2.75, 3.05) is 63.8 Å². The molecule has 2 aliphatic rings. The van der Waals surface area contributed by atoms with E-state index in [1.165, 1.54) is 11.1 Å². The van der Waals surface area contributed by atoms with Gasteiger partial charge in [-0.05, 0) is 23.1 Å². The summed E-state index contributed by atoms with van der Waals surface area (Å²) in [5.41, 5.74) is 2.76. The number of rotatable bonds is 6. The van der Waals surface area contributed by atoms with E-state index < -0.39 is 0 Å². The zero-order valence-electron chi connectivity index (χ0n) is 18.8. The molecule has 2 fully saturated rings. The number of hydrogen-bond acceptors (Lipinski definition) is 6. The zero-order valence-corrected chi connectivity index (χ0v) is 18.8. The average molecular weight is 423 g/mol. The number of nitrogens with zero attached hydrogens (tertiary/aromatic N) is 6. The van der Waals surface area contributed by atoms with Crippen LogP contribution in [-0.4, -0.2) is 89.5 Å². The number of hydrogen-bond donors (Lipinski definition) is 0. The molecule has 7 nitrogen and oxygen atoms in total. The molecule has 0 atom stereocenters. The number of anilines is 1. The van der Waals surface area contributed by atoms with E-state index in [-0.39, 0.29) is 5.91 Å². The summed E-state index contributed by atoms with van der Waals surface area (Å²) < 4.78 is 0. The van der Waals surface area contributed by atoms with Crippen molar-refractivity contribution in [3.8, 4) is 0 Å². The monoisotopic (exact) mass is 422 g/mol. The Balaban J connectivity index is 1.18. The number of amides is 1. The van der Waals surface area contributed by atoms with Gasteiger partial charge in [0.25, 0.3) is 0 Å². The summed E-state index contributed by atoms with van der Waals surface area (Å²) in [6.45, 7) is 13.0. The average Bonchev–Trinajstić information content (AvgIpc) is 2.81. The standard InChI is InChI=1S/C24H34N6O/c1-20(2)22-6-4-21(5-7-22)18-27-10-12-28(13-11-27)19-23(31)29-14-16-30(17-15-29)24-25-8-3-9-26-24/h3-9,20H,10-19H2,1-2H3. The van der Waals surface area contributed by atoms with Gasteiger partial charge >= 0.3 is 0 Å². The molecule has 2 aromatic rings. The van der Waals surface area contributed by atoms with E-state index in [9.17, 15) is 4.79 Å². The number of carbonyl (C=O) groups excluding carboxylic acids is 1. The molecule has 1 amide bonds. The van der Waals surface area contributed by atoms with E-state index >= 15 is 0 Å². The Labute approximate surface area is 185 Å². The molecule has 7 heteroatoms. The second-order valence-corrected chi connectivity index (χ2v) is 8.87. The van der Waals surface area contributed by atoms with Crippen LogP contribution < -0.4 is 4.90 Å². The van der Waals surface area contributed by atoms with Gasteiger partial charge in [-0.2, -0.15) is 0 Å². The Morgan fingerprint density at radius 1 is 0.871 bits per heavy atom. The third-order valence-corrected chi connectivity index (χ3v) is 6.34. The third kappa shape index (κ3) is 5.80. The van der Waals surface area contributed by atoms with E-state index in [0.29, 0.717) is 12.5 Å². The van der Waals surface area contributed by atoms with Crippen LogP contribution in [0.4, 0.5) is 5.95 Å². The van der Waals surface area contributed by atoms with Crippen LogP contribution in [0.1, 0.15) is 30.9 Å². The molecule has 0 bridgehead atoms. The van der Waals surface area contributed by atoms with Crippen LogP contribution in [0.15, 0.2) is 42.7 Å². The number of benzene rings is 1. The summed E-state index contributed by atoms with van der Waals surface area (Å²) in [5.74, 6) is 1.57. The Bertz CT molecular complexity index is 825. The lowest BCUT2D eigenvalue weighted by molar-refractivity contribution is -0.133. The maximum absolute atomic E-state index is 12.8. The molecule has 3 heterocycles. The summed E-state index contributed by atoms with van der Waals surface area (Å²) in [6.07, 6.45) is 3.53. The fourth-order valence-electron chi connectivity index (χ4n) is 4.27. The number of piperazine rings is 2. The van der Waals surface area contributed by atoms with Gasteiger partial charge in [-0.15, -0.1) is 0 Å². The van der Waals surface area contributed by atoms with Crippen molar-refractivity contribution >= 4 is 11.9 Å². The van der Waals surface area contributed by atoms with Gasteiger partial charge in [-0.1, -0.05) is 38.1 Å². The molecule has 4 rings (SSSR count). The summed E-state index contributed by atoms with van der Waals surface area (Å²) in [6, 6.07) is 10.8. The Hall–Kier alpha value is -2.51. The van der Waals surface area contributed by atoms with Gasteiger partial charge in [0.2, 0.25) is 11.9 Å². The Kier molecular flexibility index (Phi) is 7.14. The Morgan fingerprint density at radius 2 is 1.48 bits per heavy atom. The van der Waals surface area contributed by atoms with E-state index in [2.05, 4.69) is 62.8 Å². The van der Waals surface area contributed by atoms with Gasteiger partial charge in [-0.25, -0.2) is 9.97 Å². The highest BCUT2D eigenvalue weighted by molar-refractivity contribution is 5.78. The van der Waals surface area contributed by atoms with Gasteiger partial charge in [0.05, 0.1) is 6.54 Å². The molecule has 1 aromatic carbocycles. The molecule has 166 valence electrons. The molecule has 2 aliphatic heterocycles. The van der Waals surface area contributed by atoms with Crippen molar-refractivity contribution in [1.82, 2.24) is 24.7 Å². The molecular weight excluding hydrogens is 388 g/mol. The lowest BCUT2D eigenvalue weighted by Gasteiger charge is -2.38. The van der Waals surface area contributed by atoms with Crippen molar-refractivity contribution in [3.05, 3.63) is 53.9 Å². The van der Waals surface area contributed by atoms with Crippen LogP contribution in [-0.2, 0) is 11.3 Å². The fraction of sp³-hybridized carbons (Fsp3) is 0.542. The van der Waals surface area contributed by atoms with E-state index in [1.54, 1.807) is 12.4 Å². The first-order valence-electron chi connectivity index (χ1n) is 11.4. The van der Waals surface area contributed by atoms with Crippen LogP contribution in [0.25, 0.3) is 0 Å². The minimum atomic E-state index is 0.242. The summed E-state index contributed by atoms with van der Waals surface area (Å²) >= 11 is 0. The molecule has 2 saturated heterocycles. The highest BCUT2D eigenvalue weighted by atomic mass is 16.2. The summed E-state index contributed by atoms with van der Waals surface area (Å²) in [7, 11) is 0.